The van der Waals surface area contributed by atoms with Gasteiger partial charge in [0.25, 0.3) is 0 Å². The van der Waals surface area contributed by atoms with Crippen LogP contribution in [0.3, 0.4) is 0 Å². The van der Waals surface area contributed by atoms with Gasteiger partial charge >= 0.3 is 0 Å². The lowest BCUT2D eigenvalue weighted by atomic mass is 9.95. The summed E-state index contributed by atoms with van der Waals surface area (Å²) in [6.45, 7) is 8.05. The monoisotopic (exact) mass is 235 g/mol. The van der Waals surface area contributed by atoms with E-state index in [1.165, 1.54) is 31.4 Å². The van der Waals surface area contributed by atoms with E-state index in [9.17, 15) is 0 Å². The van der Waals surface area contributed by atoms with Crippen LogP contribution in [0.25, 0.3) is 0 Å². The van der Waals surface area contributed by atoms with Crippen LogP contribution in [0.4, 0.5) is 0 Å². The van der Waals surface area contributed by atoms with Crippen LogP contribution >= 0.6 is 0 Å². The highest BCUT2D eigenvalue weighted by Gasteiger charge is 2.23. The van der Waals surface area contributed by atoms with Gasteiger partial charge in [-0.25, -0.2) is 4.98 Å². The molecule has 3 heteroatoms. The van der Waals surface area contributed by atoms with Gasteiger partial charge in [0, 0.05) is 18.3 Å². The van der Waals surface area contributed by atoms with Gasteiger partial charge in [-0.1, -0.05) is 26.7 Å². The summed E-state index contributed by atoms with van der Waals surface area (Å²) in [4.78, 5) is 4.36. The number of imidazole rings is 1. The van der Waals surface area contributed by atoms with E-state index in [2.05, 4.69) is 35.6 Å². The van der Waals surface area contributed by atoms with E-state index >= 15 is 0 Å². The van der Waals surface area contributed by atoms with Crippen molar-refractivity contribution in [3.63, 3.8) is 0 Å². The average Bonchev–Trinajstić information content (AvgIpc) is 3.01. The summed E-state index contributed by atoms with van der Waals surface area (Å²) < 4.78 is 2.39. The lowest BCUT2D eigenvalue weighted by Gasteiger charge is -2.26. The first-order valence-electron chi connectivity index (χ1n) is 7.03. The van der Waals surface area contributed by atoms with Crippen LogP contribution in [-0.2, 0) is 0 Å². The van der Waals surface area contributed by atoms with Gasteiger partial charge in [0.05, 0.1) is 12.0 Å². The Hall–Kier alpha value is -0.830. The molecule has 0 aromatic carbocycles. The Labute approximate surface area is 105 Å². The summed E-state index contributed by atoms with van der Waals surface area (Å²) in [5.74, 6) is 0.754. The second kappa shape index (κ2) is 5.67. The van der Waals surface area contributed by atoms with Crippen molar-refractivity contribution in [1.82, 2.24) is 14.9 Å². The zero-order valence-electron chi connectivity index (χ0n) is 11.3. The lowest BCUT2D eigenvalue weighted by Crippen LogP contribution is -2.22. The normalized spacial score (nSPS) is 22.2. The Morgan fingerprint density at radius 2 is 2.24 bits per heavy atom. The zero-order chi connectivity index (χ0) is 12.3. The molecule has 96 valence electrons. The molecule has 1 aromatic heterocycles. The summed E-state index contributed by atoms with van der Waals surface area (Å²) in [6.07, 6.45) is 9.08. The van der Waals surface area contributed by atoms with Crippen molar-refractivity contribution in [2.75, 3.05) is 6.54 Å². The van der Waals surface area contributed by atoms with Crippen molar-refractivity contribution in [2.24, 2.45) is 5.92 Å². The van der Waals surface area contributed by atoms with Crippen LogP contribution in [0.5, 0.6) is 0 Å². The van der Waals surface area contributed by atoms with E-state index in [0.717, 1.165) is 12.5 Å². The second-order valence-electron chi connectivity index (χ2n) is 5.19. The van der Waals surface area contributed by atoms with Crippen LogP contribution in [0, 0.1) is 5.92 Å². The minimum Gasteiger partial charge on any atom is -0.330 e. The van der Waals surface area contributed by atoms with Gasteiger partial charge in [0.15, 0.2) is 0 Å². The van der Waals surface area contributed by atoms with Gasteiger partial charge in [-0.3, -0.25) is 0 Å². The van der Waals surface area contributed by atoms with Crippen LogP contribution in [0.15, 0.2) is 12.5 Å². The molecule has 0 bridgehead atoms. The molecule has 2 heterocycles. The van der Waals surface area contributed by atoms with Crippen LogP contribution in [0.1, 0.15) is 64.2 Å². The van der Waals surface area contributed by atoms with Crippen molar-refractivity contribution in [2.45, 2.75) is 58.5 Å². The molecule has 2 atom stereocenters. The summed E-state index contributed by atoms with van der Waals surface area (Å²) in [5.41, 5.74) is 1.38. The quantitative estimate of drug-likeness (QED) is 0.848. The third kappa shape index (κ3) is 2.54. The maximum absolute atomic E-state index is 4.36. The Bertz CT molecular complexity index is 335. The predicted octanol–water partition coefficient (Wildman–Crippen LogP) is 3.30. The van der Waals surface area contributed by atoms with Crippen LogP contribution in [0.2, 0.25) is 0 Å². The first kappa shape index (κ1) is 12.6. The molecule has 0 amide bonds. The summed E-state index contributed by atoms with van der Waals surface area (Å²) in [6, 6.07) is 1.08. The van der Waals surface area contributed by atoms with Gasteiger partial charge in [0.2, 0.25) is 0 Å². The van der Waals surface area contributed by atoms with E-state index < -0.39 is 0 Å². The Morgan fingerprint density at radius 1 is 1.47 bits per heavy atom. The molecule has 1 aromatic rings. The van der Waals surface area contributed by atoms with Gasteiger partial charge in [-0.05, 0) is 32.2 Å². The average molecular weight is 235 g/mol. The minimum absolute atomic E-state index is 0.523. The fourth-order valence-electron chi connectivity index (χ4n) is 3.06. The highest BCUT2D eigenvalue weighted by atomic mass is 15.1. The SMILES string of the molecule is CCC(CC)C(C)n1cncc1C1CCCN1. The zero-order valence-corrected chi connectivity index (χ0v) is 11.3. The van der Waals surface area contributed by atoms with E-state index in [-0.39, 0.29) is 0 Å². The molecule has 1 saturated heterocycles. The maximum Gasteiger partial charge on any atom is 0.0951 e. The van der Waals surface area contributed by atoms with Crippen LogP contribution < -0.4 is 5.32 Å². The smallest absolute Gasteiger partial charge is 0.0951 e. The number of hydrogen-bond donors (Lipinski definition) is 1. The summed E-state index contributed by atoms with van der Waals surface area (Å²) in [5, 5.41) is 3.57. The number of aromatic nitrogens is 2. The van der Waals surface area contributed by atoms with E-state index in [0.29, 0.717) is 12.1 Å². The fourth-order valence-corrected chi connectivity index (χ4v) is 3.06. The van der Waals surface area contributed by atoms with Crippen molar-refractivity contribution in [3.8, 4) is 0 Å². The largest absolute Gasteiger partial charge is 0.330 e. The number of hydrogen-bond acceptors (Lipinski definition) is 2. The van der Waals surface area contributed by atoms with E-state index in [4.69, 9.17) is 0 Å². The molecule has 0 spiro atoms. The van der Waals surface area contributed by atoms with Crippen molar-refractivity contribution >= 4 is 0 Å². The fraction of sp³-hybridized carbons (Fsp3) is 0.786. The van der Waals surface area contributed by atoms with Gasteiger partial charge in [0.1, 0.15) is 0 Å². The number of rotatable bonds is 5. The molecule has 2 rings (SSSR count). The Balaban J connectivity index is 2.17. The topological polar surface area (TPSA) is 29.9 Å². The van der Waals surface area contributed by atoms with Crippen molar-refractivity contribution in [1.29, 1.82) is 0 Å². The predicted molar refractivity (Wildman–Crippen MR) is 71.0 cm³/mol. The highest BCUT2D eigenvalue weighted by Crippen LogP contribution is 2.30. The standard InChI is InChI=1S/C14H25N3/c1-4-12(5-2)11(3)17-10-15-9-14(17)13-7-6-8-16-13/h9-13,16H,4-8H2,1-3H3. The Morgan fingerprint density at radius 3 is 2.82 bits per heavy atom. The maximum atomic E-state index is 4.36. The molecular weight excluding hydrogens is 210 g/mol. The molecule has 0 radical (unpaired) electrons. The number of nitrogens with one attached hydrogen (secondary N) is 1. The molecule has 1 N–H and O–H groups in total. The lowest BCUT2D eigenvalue weighted by molar-refractivity contribution is 0.321. The molecule has 3 nitrogen and oxygen atoms in total. The summed E-state index contributed by atoms with van der Waals surface area (Å²) >= 11 is 0. The molecule has 17 heavy (non-hydrogen) atoms. The van der Waals surface area contributed by atoms with Crippen molar-refractivity contribution < 1.29 is 0 Å². The Kier molecular flexibility index (Phi) is 4.21. The van der Waals surface area contributed by atoms with Gasteiger partial charge in [-0.15, -0.1) is 0 Å². The molecule has 1 fully saturated rings. The highest BCUT2D eigenvalue weighted by molar-refractivity contribution is 5.08. The molecular formula is C14H25N3. The first-order valence-corrected chi connectivity index (χ1v) is 7.03. The third-order valence-corrected chi connectivity index (χ3v) is 4.28. The van der Waals surface area contributed by atoms with Gasteiger partial charge < -0.3 is 9.88 Å². The second-order valence-corrected chi connectivity index (χ2v) is 5.19. The molecule has 2 unspecified atom stereocenters. The molecule has 1 aliphatic heterocycles. The van der Waals surface area contributed by atoms with Gasteiger partial charge in [-0.2, -0.15) is 0 Å². The van der Waals surface area contributed by atoms with Crippen molar-refractivity contribution in [3.05, 3.63) is 18.2 Å². The minimum atomic E-state index is 0.523. The van der Waals surface area contributed by atoms with E-state index in [1.54, 1.807) is 0 Å². The molecule has 0 aliphatic carbocycles. The third-order valence-electron chi connectivity index (χ3n) is 4.28. The molecule has 0 saturated carbocycles. The first-order chi connectivity index (χ1) is 8.27. The number of nitrogens with zero attached hydrogens (tertiary/aromatic N) is 2. The van der Waals surface area contributed by atoms with E-state index in [1.807, 2.05) is 12.5 Å². The van der Waals surface area contributed by atoms with Crippen LogP contribution in [-0.4, -0.2) is 16.1 Å². The summed E-state index contributed by atoms with van der Waals surface area (Å²) in [7, 11) is 0. The molecule has 1 aliphatic rings.